The number of aryl methyl sites for hydroxylation is 1. The molecule has 3 aromatic rings. The smallest absolute Gasteiger partial charge is 0.257 e. The van der Waals surface area contributed by atoms with Crippen LogP contribution in [0.4, 0.5) is 0 Å². The van der Waals surface area contributed by atoms with Crippen molar-refractivity contribution >= 4 is 17.2 Å². The highest BCUT2D eigenvalue weighted by molar-refractivity contribution is 7.13. The summed E-state index contributed by atoms with van der Waals surface area (Å²) >= 11 is 1.55. The van der Waals surface area contributed by atoms with Crippen molar-refractivity contribution < 1.29 is 13.9 Å². The number of ether oxygens (including phenoxy) is 1. The average molecular weight is 415 g/mol. The van der Waals surface area contributed by atoms with Gasteiger partial charge in [0.15, 0.2) is 0 Å². The summed E-state index contributed by atoms with van der Waals surface area (Å²) in [7, 11) is 1.64. The topological polar surface area (TPSA) is 80.5 Å². The van der Waals surface area contributed by atoms with E-state index in [9.17, 15) is 4.79 Å². The fourth-order valence-corrected chi connectivity index (χ4v) is 3.57. The van der Waals surface area contributed by atoms with Crippen molar-refractivity contribution in [1.29, 1.82) is 0 Å². The van der Waals surface area contributed by atoms with E-state index < -0.39 is 0 Å². The molecule has 0 aliphatic heterocycles. The summed E-state index contributed by atoms with van der Waals surface area (Å²) in [5.41, 5.74) is 2.48. The van der Waals surface area contributed by atoms with Gasteiger partial charge in [0.2, 0.25) is 11.8 Å². The van der Waals surface area contributed by atoms with E-state index in [1.807, 2.05) is 34.5 Å². The van der Waals surface area contributed by atoms with E-state index in [2.05, 4.69) is 34.6 Å². The Balaban J connectivity index is 1.51. The average Bonchev–Trinajstić information content (AvgIpc) is 3.39. The van der Waals surface area contributed by atoms with Crippen molar-refractivity contribution in [2.45, 2.75) is 19.9 Å². The van der Waals surface area contributed by atoms with Crippen LogP contribution in [0.5, 0.6) is 0 Å². The molecule has 154 valence electrons. The van der Waals surface area contributed by atoms with E-state index in [0.717, 1.165) is 11.3 Å². The first-order valence-electron chi connectivity index (χ1n) is 9.54. The van der Waals surface area contributed by atoms with Crippen molar-refractivity contribution in [3.05, 3.63) is 58.8 Å². The third kappa shape index (κ3) is 6.49. The molecule has 2 heterocycles. The van der Waals surface area contributed by atoms with Crippen LogP contribution in [0.2, 0.25) is 0 Å². The van der Waals surface area contributed by atoms with Crippen LogP contribution in [0.3, 0.4) is 0 Å². The number of thiophene rings is 1. The Morgan fingerprint density at radius 1 is 1.24 bits per heavy atom. The Bertz CT molecular complexity index is 895. The van der Waals surface area contributed by atoms with Crippen molar-refractivity contribution in [3.63, 3.8) is 0 Å². The van der Waals surface area contributed by atoms with Crippen molar-refractivity contribution in [3.8, 4) is 10.8 Å². The van der Waals surface area contributed by atoms with Crippen LogP contribution in [0, 0.1) is 6.92 Å². The summed E-state index contributed by atoms with van der Waals surface area (Å²) in [5.74, 6) is 0.953. The quantitative estimate of drug-likeness (QED) is 0.520. The fourth-order valence-electron chi connectivity index (χ4n) is 2.93. The standard InChI is InChI=1S/C21H26N4O3S/c1-16-6-3-4-7-17(16)9-10-22-19(26)14-25(11-12-27-2)15-20-23-24-21(28-20)18-8-5-13-29-18/h3-8,13H,9-12,14-15H2,1-2H3,(H,22,26). The van der Waals surface area contributed by atoms with Gasteiger partial charge in [-0.1, -0.05) is 30.3 Å². The van der Waals surface area contributed by atoms with Crippen molar-refractivity contribution in [1.82, 2.24) is 20.4 Å². The molecule has 1 aromatic carbocycles. The second-order valence-corrected chi connectivity index (χ2v) is 7.66. The highest BCUT2D eigenvalue weighted by atomic mass is 32.1. The maximum absolute atomic E-state index is 12.4. The molecule has 0 unspecified atom stereocenters. The second-order valence-electron chi connectivity index (χ2n) is 6.71. The van der Waals surface area contributed by atoms with E-state index >= 15 is 0 Å². The van der Waals surface area contributed by atoms with Gasteiger partial charge in [-0.15, -0.1) is 21.5 Å². The summed E-state index contributed by atoms with van der Waals surface area (Å²) in [6, 6.07) is 12.1. The summed E-state index contributed by atoms with van der Waals surface area (Å²) in [4.78, 5) is 15.3. The van der Waals surface area contributed by atoms with Crippen LogP contribution < -0.4 is 5.32 Å². The van der Waals surface area contributed by atoms with Gasteiger partial charge in [0.1, 0.15) is 0 Å². The molecule has 1 amide bonds. The third-order valence-electron chi connectivity index (χ3n) is 4.51. The molecular formula is C21H26N4O3S. The zero-order valence-electron chi connectivity index (χ0n) is 16.8. The van der Waals surface area contributed by atoms with E-state index in [4.69, 9.17) is 9.15 Å². The number of methoxy groups -OCH3 is 1. The minimum Gasteiger partial charge on any atom is -0.419 e. The molecule has 0 aliphatic carbocycles. The van der Waals surface area contributed by atoms with E-state index in [1.54, 1.807) is 18.4 Å². The van der Waals surface area contributed by atoms with Crippen molar-refractivity contribution in [2.75, 3.05) is 33.4 Å². The minimum absolute atomic E-state index is 0.0346. The molecule has 8 heteroatoms. The molecule has 0 bridgehead atoms. The number of nitrogens with one attached hydrogen (secondary N) is 1. The summed E-state index contributed by atoms with van der Waals surface area (Å²) in [6.45, 7) is 4.44. The summed E-state index contributed by atoms with van der Waals surface area (Å²) < 4.78 is 10.9. The largest absolute Gasteiger partial charge is 0.419 e. The minimum atomic E-state index is -0.0346. The molecular weight excluding hydrogens is 388 g/mol. The fraction of sp³-hybridized carbons (Fsp3) is 0.381. The lowest BCUT2D eigenvalue weighted by atomic mass is 10.1. The van der Waals surface area contributed by atoms with Crippen LogP contribution in [0.1, 0.15) is 17.0 Å². The number of benzene rings is 1. The van der Waals surface area contributed by atoms with Gasteiger partial charge < -0.3 is 14.5 Å². The molecule has 0 spiro atoms. The molecule has 0 saturated carbocycles. The number of nitrogens with zero attached hydrogens (tertiary/aromatic N) is 3. The zero-order valence-corrected chi connectivity index (χ0v) is 17.6. The lowest BCUT2D eigenvalue weighted by molar-refractivity contribution is -0.122. The molecule has 3 rings (SSSR count). The first-order valence-corrected chi connectivity index (χ1v) is 10.4. The van der Waals surface area contributed by atoms with Crippen LogP contribution >= 0.6 is 11.3 Å². The van der Waals surface area contributed by atoms with Gasteiger partial charge >= 0.3 is 0 Å². The molecule has 7 nitrogen and oxygen atoms in total. The van der Waals surface area contributed by atoms with Crippen LogP contribution in [-0.4, -0.2) is 54.4 Å². The Labute approximate surface area is 174 Å². The monoisotopic (exact) mass is 414 g/mol. The Morgan fingerprint density at radius 3 is 2.86 bits per heavy atom. The van der Waals surface area contributed by atoms with Gasteiger partial charge in [-0.25, -0.2) is 0 Å². The number of carbonyl (C=O) groups is 1. The molecule has 0 fully saturated rings. The Kier molecular flexibility index (Phi) is 7.92. The summed E-state index contributed by atoms with van der Waals surface area (Å²) in [6.07, 6.45) is 0.810. The SMILES string of the molecule is COCCN(CC(=O)NCCc1ccccc1C)Cc1nnc(-c2cccs2)o1. The number of carbonyl (C=O) groups excluding carboxylic acids is 1. The number of rotatable bonds is 11. The van der Waals surface area contributed by atoms with Crippen molar-refractivity contribution in [2.24, 2.45) is 0 Å². The van der Waals surface area contributed by atoms with E-state index in [0.29, 0.717) is 38.0 Å². The number of aromatic nitrogens is 2. The van der Waals surface area contributed by atoms with E-state index in [-0.39, 0.29) is 12.5 Å². The number of amides is 1. The van der Waals surface area contributed by atoms with Crippen LogP contribution in [0.15, 0.2) is 46.2 Å². The second kappa shape index (κ2) is 10.8. The molecule has 0 aliphatic rings. The Hall–Kier alpha value is -2.55. The van der Waals surface area contributed by atoms with Gasteiger partial charge in [0, 0.05) is 20.2 Å². The normalized spacial score (nSPS) is 11.1. The van der Waals surface area contributed by atoms with Crippen LogP contribution in [-0.2, 0) is 22.5 Å². The zero-order chi connectivity index (χ0) is 20.5. The summed E-state index contributed by atoms with van der Waals surface area (Å²) in [5, 5.41) is 13.2. The third-order valence-corrected chi connectivity index (χ3v) is 5.37. The lowest BCUT2D eigenvalue weighted by Crippen LogP contribution is -2.39. The number of hydrogen-bond donors (Lipinski definition) is 1. The lowest BCUT2D eigenvalue weighted by Gasteiger charge is -2.19. The maximum Gasteiger partial charge on any atom is 0.257 e. The predicted molar refractivity (Wildman–Crippen MR) is 113 cm³/mol. The first-order chi connectivity index (χ1) is 14.2. The van der Waals surface area contributed by atoms with Gasteiger partial charge in [0.25, 0.3) is 5.89 Å². The molecule has 0 saturated heterocycles. The molecule has 29 heavy (non-hydrogen) atoms. The van der Waals surface area contributed by atoms with Gasteiger partial charge in [-0.3, -0.25) is 9.69 Å². The number of hydrogen-bond acceptors (Lipinski definition) is 7. The van der Waals surface area contributed by atoms with Gasteiger partial charge in [0.05, 0.1) is 24.6 Å². The first kappa shape index (κ1) is 21.2. The Morgan fingerprint density at radius 2 is 2.10 bits per heavy atom. The highest BCUT2D eigenvalue weighted by Crippen LogP contribution is 2.23. The van der Waals surface area contributed by atoms with E-state index in [1.165, 1.54) is 11.1 Å². The van der Waals surface area contributed by atoms with Gasteiger partial charge in [-0.2, -0.15) is 0 Å². The molecule has 2 aromatic heterocycles. The highest BCUT2D eigenvalue weighted by Gasteiger charge is 2.16. The predicted octanol–water partition coefficient (Wildman–Crippen LogP) is 2.91. The molecule has 0 atom stereocenters. The molecule has 1 N–H and O–H groups in total. The van der Waals surface area contributed by atoms with Crippen LogP contribution in [0.25, 0.3) is 10.8 Å². The maximum atomic E-state index is 12.4. The van der Waals surface area contributed by atoms with Gasteiger partial charge in [-0.05, 0) is 35.9 Å². The molecule has 0 radical (unpaired) electrons.